The molecule has 0 aliphatic heterocycles. The summed E-state index contributed by atoms with van der Waals surface area (Å²) in [7, 11) is 0. The molecular weight excluding hydrogens is 367 g/mol. The fraction of sp³-hybridized carbons (Fsp3) is 0.111. The van der Waals surface area contributed by atoms with Gasteiger partial charge < -0.3 is 0 Å². The van der Waals surface area contributed by atoms with Crippen LogP contribution in [0.3, 0.4) is 0 Å². The van der Waals surface area contributed by atoms with E-state index < -0.39 is 0 Å². The van der Waals surface area contributed by atoms with Gasteiger partial charge in [0.15, 0.2) is 0 Å². The summed E-state index contributed by atoms with van der Waals surface area (Å²) in [6, 6.07) is 3.98. The zero-order chi connectivity index (χ0) is 10.1. The van der Waals surface area contributed by atoms with E-state index in [9.17, 15) is 0 Å². The minimum absolute atomic E-state index is 0.198. The van der Waals surface area contributed by atoms with Crippen LogP contribution in [0.4, 0.5) is 0 Å². The number of hydrogen-bond donors (Lipinski definition) is 0. The second-order valence-corrected chi connectivity index (χ2v) is 6.70. The minimum Gasteiger partial charge on any atom is -0.146 e. The molecule has 0 radical (unpaired) electrons. The summed E-state index contributed by atoms with van der Waals surface area (Å²) in [5.41, 5.74) is 0. The van der Waals surface area contributed by atoms with Crippen molar-refractivity contribution in [2.45, 2.75) is 4.83 Å². The van der Waals surface area contributed by atoms with Gasteiger partial charge in [0.25, 0.3) is 0 Å². The smallest absolute Gasteiger partial charge is 0.0857 e. The Morgan fingerprint density at radius 2 is 1.79 bits per heavy atom. The Bertz CT molecular complexity index is 395. The van der Waals surface area contributed by atoms with E-state index in [1.807, 2.05) is 11.4 Å². The molecule has 2 rings (SSSR count). The van der Waals surface area contributed by atoms with Gasteiger partial charge in [-0.3, -0.25) is 0 Å². The molecule has 2 aromatic rings. The Morgan fingerprint density at radius 3 is 2.29 bits per heavy atom. The lowest BCUT2D eigenvalue weighted by molar-refractivity contribution is 1.27. The van der Waals surface area contributed by atoms with Crippen LogP contribution in [-0.4, -0.2) is 0 Å². The Labute approximate surface area is 112 Å². The van der Waals surface area contributed by atoms with Crippen LogP contribution >= 0.6 is 66.1 Å². The molecule has 0 aromatic carbocycles. The molecule has 1 unspecified atom stereocenters. The molecule has 0 N–H and O–H groups in total. The average molecular weight is 373 g/mol. The minimum atomic E-state index is 0.198. The van der Waals surface area contributed by atoms with Gasteiger partial charge in [0.2, 0.25) is 0 Å². The van der Waals surface area contributed by atoms with Crippen molar-refractivity contribution in [2.24, 2.45) is 0 Å². The van der Waals surface area contributed by atoms with Crippen LogP contribution in [0.25, 0.3) is 0 Å². The third-order valence-electron chi connectivity index (χ3n) is 1.75. The first-order valence-corrected chi connectivity index (χ1v) is 7.64. The highest BCUT2D eigenvalue weighted by atomic mass is 79.9. The molecule has 0 spiro atoms. The molecule has 0 aliphatic rings. The van der Waals surface area contributed by atoms with E-state index in [2.05, 4.69) is 43.3 Å². The molecule has 0 saturated carbocycles. The van der Waals surface area contributed by atoms with E-state index >= 15 is 0 Å². The van der Waals surface area contributed by atoms with E-state index in [1.165, 1.54) is 4.88 Å². The van der Waals surface area contributed by atoms with Gasteiger partial charge in [0, 0.05) is 14.2 Å². The monoisotopic (exact) mass is 370 g/mol. The highest BCUT2D eigenvalue weighted by molar-refractivity contribution is 9.11. The summed E-state index contributed by atoms with van der Waals surface area (Å²) in [4.78, 5) is 2.62. The van der Waals surface area contributed by atoms with Crippen LogP contribution in [0.2, 0.25) is 5.02 Å². The maximum absolute atomic E-state index is 6.07. The first-order chi connectivity index (χ1) is 6.70. The van der Waals surface area contributed by atoms with E-state index in [-0.39, 0.29) is 4.83 Å². The van der Waals surface area contributed by atoms with Crippen molar-refractivity contribution in [1.29, 1.82) is 0 Å². The first-order valence-electron chi connectivity index (χ1n) is 3.80. The van der Waals surface area contributed by atoms with Crippen molar-refractivity contribution in [1.82, 2.24) is 0 Å². The van der Waals surface area contributed by atoms with Crippen molar-refractivity contribution in [2.75, 3.05) is 0 Å². The highest BCUT2D eigenvalue weighted by Gasteiger charge is 2.18. The van der Waals surface area contributed by atoms with E-state index in [4.69, 9.17) is 11.6 Å². The van der Waals surface area contributed by atoms with Gasteiger partial charge in [-0.25, -0.2) is 0 Å². The van der Waals surface area contributed by atoms with Gasteiger partial charge in [-0.15, -0.1) is 22.7 Å². The maximum Gasteiger partial charge on any atom is 0.0857 e. The van der Waals surface area contributed by atoms with Crippen molar-refractivity contribution >= 4 is 66.1 Å². The number of rotatable bonds is 2. The maximum atomic E-state index is 6.07. The summed E-state index contributed by atoms with van der Waals surface area (Å²) < 4.78 is 1.13. The average Bonchev–Trinajstić information content (AvgIpc) is 2.73. The fourth-order valence-electron chi connectivity index (χ4n) is 1.09. The summed E-state index contributed by atoms with van der Waals surface area (Å²) in [6.45, 7) is 0. The van der Waals surface area contributed by atoms with Crippen molar-refractivity contribution in [3.05, 3.63) is 42.1 Å². The third kappa shape index (κ3) is 2.09. The second kappa shape index (κ2) is 4.66. The van der Waals surface area contributed by atoms with Gasteiger partial charge in [-0.05, 0) is 38.8 Å². The normalized spacial score (nSPS) is 13.1. The molecule has 2 heterocycles. The summed E-state index contributed by atoms with van der Waals surface area (Å²) in [5.74, 6) is 0. The van der Waals surface area contributed by atoms with Crippen LogP contribution in [0.5, 0.6) is 0 Å². The Morgan fingerprint density at radius 1 is 1.14 bits per heavy atom. The van der Waals surface area contributed by atoms with Crippen LogP contribution in [-0.2, 0) is 0 Å². The van der Waals surface area contributed by atoms with Crippen LogP contribution < -0.4 is 0 Å². The number of hydrogen-bond acceptors (Lipinski definition) is 2. The Hall–Kier alpha value is 0.650. The van der Waals surface area contributed by atoms with Crippen LogP contribution in [0.15, 0.2) is 27.4 Å². The topological polar surface area (TPSA) is 0 Å². The quantitative estimate of drug-likeness (QED) is 0.592. The third-order valence-corrected chi connectivity index (χ3v) is 6.63. The van der Waals surface area contributed by atoms with Gasteiger partial charge in [-0.2, -0.15) is 0 Å². The predicted octanol–water partition coefficient (Wildman–Crippen LogP) is 5.71. The molecule has 74 valence electrons. The van der Waals surface area contributed by atoms with Gasteiger partial charge >= 0.3 is 0 Å². The van der Waals surface area contributed by atoms with Crippen LogP contribution in [0, 0.1) is 0 Å². The van der Waals surface area contributed by atoms with Gasteiger partial charge in [0.1, 0.15) is 0 Å². The molecule has 2 aromatic heterocycles. The molecule has 0 fully saturated rings. The number of halogens is 3. The molecule has 0 amide bonds. The van der Waals surface area contributed by atoms with E-state index in [0.29, 0.717) is 0 Å². The van der Waals surface area contributed by atoms with Gasteiger partial charge in [-0.1, -0.05) is 27.5 Å². The first kappa shape index (κ1) is 11.1. The fourth-order valence-corrected chi connectivity index (χ4v) is 5.48. The highest BCUT2D eigenvalue weighted by Crippen LogP contribution is 2.43. The van der Waals surface area contributed by atoms with Crippen molar-refractivity contribution < 1.29 is 0 Å². The lowest BCUT2D eigenvalue weighted by atomic mass is 10.3. The number of thiophene rings is 2. The van der Waals surface area contributed by atoms with Crippen molar-refractivity contribution in [3.63, 3.8) is 0 Å². The molecule has 0 bridgehead atoms. The van der Waals surface area contributed by atoms with Crippen molar-refractivity contribution in [3.8, 4) is 0 Å². The lowest BCUT2D eigenvalue weighted by Gasteiger charge is -2.06. The zero-order valence-corrected chi connectivity index (χ0v) is 12.4. The van der Waals surface area contributed by atoms with Gasteiger partial charge in [0.05, 0.1) is 9.85 Å². The molecule has 5 heteroatoms. The molecule has 0 nitrogen and oxygen atoms in total. The standard InChI is InChI=1S/C9H5Br2ClS2/c10-5-1-3-13-8(5)7(11)9-6(12)2-4-14-9/h1-4,7H. The second-order valence-electron chi connectivity index (χ2n) is 2.63. The Kier molecular flexibility index (Phi) is 3.71. The molecule has 14 heavy (non-hydrogen) atoms. The largest absolute Gasteiger partial charge is 0.146 e. The number of alkyl halides is 1. The molecular formula is C9H5Br2ClS2. The predicted molar refractivity (Wildman–Crippen MR) is 72.1 cm³/mol. The Balaban J connectivity index is 2.38. The SMILES string of the molecule is Clc1ccsc1C(Br)c1sccc1Br. The zero-order valence-electron chi connectivity index (χ0n) is 6.84. The summed E-state index contributed by atoms with van der Waals surface area (Å²) in [6.07, 6.45) is 0. The molecule has 0 saturated heterocycles. The van der Waals surface area contributed by atoms with E-state index in [1.54, 1.807) is 22.7 Å². The lowest BCUT2D eigenvalue weighted by Crippen LogP contribution is -1.86. The molecule has 0 aliphatic carbocycles. The van der Waals surface area contributed by atoms with Crippen LogP contribution in [0.1, 0.15) is 14.6 Å². The molecule has 1 atom stereocenters. The summed E-state index contributed by atoms with van der Waals surface area (Å²) >= 11 is 16.6. The summed E-state index contributed by atoms with van der Waals surface area (Å²) in [5, 5.41) is 4.90. The van der Waals surface area contributed by atoms with E-state index in [0.717, 1.165) is 14.4 Å².